The van der Waals surface area contributed by atoms with Gasteiger partial charge in [-0.2, -0.15) is 0 Å². The van der Waals surface area contributed by atoms with Gasteiger partial charge in [-0.3, -0.25) is 4.79 Å². The van der Waals surface area contributed by atoms with Gasteiger partial charge in [-0.1, -0.05) is 49.6 Å². The van der Waals surface area contributed by atoms with Gasteiger partial charge in [-0.15, -0.1) is 0 Å². The van der Waals surface area contributed by atoms with Gasteiger partial charge < -0.3 is 14.8 Å². The number of hydrogen-bond acceptors (Lipinski definition) is 4. The molecule has 0 bridgehead atoms. The molecule has 3 rings (SSSR count). The molecular weight excluding hydrogens is 342 g/mol. The molecule has 0 radical (unpaired) electrons. The number of ether oxygens (including phenoxy) is 2. The van der Waals surface area contributed by atoms with E-state index in [4.69, 9.17) is 9.47 Å². The van der Waals surface area contributed by atoms with Gasteiger partial charge in [0.05, 0.1) is 7.11 Å². The third-order valence-corrected chi connectivity index (χ3v) is 5.00. The maximum Gasteiger partial charge on any atom is 0.331 e. The second-order valence-electron chi connectivity index (χ2n) is 6.89. The molecule has 1 aliphatic carbocycles. The first-order valence-electron chi connectivity index (χ1n) is 9.31. The van der Waals surface area contributed by atoms with E-state index in [2.05, 4.69) is 5.32 Å². The predicted molar refractivity (Wildman–Crippen MR) is 103 cm³/mol. The summed E-state index contributed by atoms with van der Waals surface area (Å²) in [6, 6.07) is 16.8. The Balaban J connectivity index is 1.63. The summed E-state index contributed by atoms with van der Waals surface area (Å²) in [7, 11) is 1.37. The van der Waals surface area contributed by atoms with Crippen molar-refractivity contribution >= 4 is 11.9 Å². The van der Waals surface area contributed by atoms with E-state index < -0.39 is 5.54 Å². The van der Waals surface area contributed by atoms with Crippen molar-refractivity contribution in [1.82, 2.24) is 5.32 Å². The number of nitrogens with one attached hydrogen (secondary N) is 1. The summed E-state index contributed by atoms with van der Waals surface area (Å²) < 4.78 is 10.7. The predicted octanol–water partition coefficient (Wildman–Crippen LogP) is 3.87. The average Bonchev–Trinajstić information content (AvgIpc) is 2.73. The molecule has 1 N–H and O–H groups in total. The van der Waals surface area contributed by atoms with E-state index in [1.165, 1.54) is 7.11 Å². The number of rotatable bonds is 6. The van der Waals surface area contributed by atoms with E-state index in [0.717, 1.165) is 30.6 Å². The number of carbonyl (C=O) groups excluding carboxylic acids is 2. The number of esters is 1. The third kappa shape index (κ3) is 4.67. The summed E-state index contributed by atoms with van der Waals surface area (Å²) in [5.74, 6) is 0.192. The molecule has 0 aromatic heterocycles. The SMILES string of the molecule is COC(=O)C1(NC(=O)c2ccc(COc3ccccc3)cc2)CCCCC1. The Kier molecular flexibility index (Phi) is 6.12. The normalized spacial score (nSPS) is 15.6. The Bertz CT molecular complexity index is 765. The summed E-state index contributed by atoms with van der Waals surface area (Å²) in [6.45, 7) is 0.429. The van der Waals surface area contributed by atoms with E-state index in [0.29, 0.717) is 25.0 Å². The van der Waals surface area contributed by atoms with Gasteiger partial charge in [0.15, 0.2) is 0 Å². The van der Waals surface area contributed by atoms with Gasteiger partial charge in [0, 0.05) is 5.56 Å². The van der Waals surface area contributed by atoms with Gasteiger partial charge in [0.1, 0.15) is 17.9 Å². The standard InChI is InChI=1S/C22H25NO4/c1-26-21(25)22(14-6-3-7-15-22)23-20(24)18-12-10-17(11-13-18)16-27-19-8-4-2-5-9-19/h2,4-5,8-13H,3,6-7,14-16H2,1H3,(H,23,24). The first kappa shape index (κ1) is 19.0. The number of hydrogen-bond donors (Lipinski definition) is 1. The fraction of sp³-hybridized carbons (Fsp3) is 0.364. The molecule has 27 heavy (non-hydrogen) atoms. The Hall–Kier alpha value is -2.82. The summed E-state index contributed by atoms with van der Waals surface area (Å²) >= 11 is 0. The van der Waals surface area contributed by atoms with Crippen molar-refractivity contribution < 1.29 is 19.1 Å². The van der Waals surface area contributed by atoms with Crippen LogP contribution in [0.5, 0.6) is 5.75 Å². The fourth-order valence-corrected chi connectivity index (χ4v) is 3.46. The van der Waals surface area contributed by atoms with Crippen LogP contribution in [0.1, 0.15) is 48.0 Å². The highest BCUT2D eigenvalue weighted by atomic mass is 16.5. The van der Waals surface area contributed by atoms with Crippen LogP contribution in [-0.2, 0) is 16.1 Å². The Morgan fingerprint density at radius 1 is 0.963 bits per heavy atom. The molecule has 0 saturated heterocycles. The quantitative estimate of drug-likeness (QED) is 0.787. The Labute approximate surface area is 159 Å². The first-order chi connectivity index (χ1) is 13.1. The zero-order chi connectivity index (χ0) is 19.1. The zero-order valence-corrected chi connectivity index (χ0v) is 15.6. The summed E-state index contributed by atoms with van der Waals surface area (Å²) in [5, 5.41) is 2.93. The minimum Gasteiger partial charge on any atom is -0.489 e. The van der Waals surface area contributed by atoms with Gasteiger partial charge in [0.25, 0.3) is 5.91 Å². The van der Waals surface area contributed by atoms with Crippen LogP contribution in [0.2, 0.25) is 0 Å². The molecule has 1 aliphatic rings. The molecule has 0 heterocycles. The number of benzene rings is 2. The van der Waals surface area contributed by atoms with Crippen molar-refractivity contribution in [3.63, 3.8) is 0 Å². The Morgan fingerprint density at radius 3 is 2.26 bits per heavy atom. The van der Waals surface area contributed by atoms with E-state index in [9.17, 15) is 9.59 Å². The van der Waals surface area contributed by atoms with Gasteiger partial charge in [-0.25, -0.2) is 4.79 Å². The minimum absolute atomic E-state index is 0.252. The molecular formula is C22H25NO4. The first-order valence-corrected chi connectivity index (χ1v) is 9.31. The Morgan fingerprint density at radius 2 is 1.63 bits per heavy atom. The summed E-state index contributed by atoms with van der Waals surface area (Å²) in [5.41, 5.74) is 0.585. The molecule has 0 spiro atoms. The molecule has 5 heteroatoms. The highest BCUT2D eigenvalue weighted by Gasteiger charge is 2.42. The van der Waals surface area contributed by atoms with Gasteiger partial charge in [-0.05, 0) is 42.7 Å². The molecule has 2 aromatic rings. The van der Waals surface area contributed by atoms with E-state index >= 15 is 0 Å². The zero-order valence-electron chi connectivity index (χ0n) is 15.6. The van der Waals surface area contributed by atoms with Crippen LogP contribution >= 0.6 is 0 Å². The fourth-order valence-electron chi connectivity index (χ4n) is 3.46. The smallest absolute Gasteiger partial charge is 0.331 e. The van der Waals surface area contributed by atoms with Crippen LogP contribution < -0.4 is 10.1 Å². The van der Waals surface area contributed by atoms with E-state index in [1.54, 1.807) is 12.1 Å². The highest BCUT2D eigenvalue weighted by molar-refractivity contribution is 5.98. The third-order valence-electron chi connectivity index (χ3n) is 5.00. The van der Waals surface area contributed by atoms with Crippen LogP contribution in [0, 0.1) is 0 Å². The van der Waals surface area contributed by atoms with Crippen molar-refractivity contribution in [3.05, 3.63) is 65.7 Å². The lowest BCUT2D eigenvalue weighted by Crippen LogP contribution is -2.56. The lowest BCUT2D eigenvalue weighted by Gasteiger charge is -2.35. The lowest BCUT2D eigenvalue weighted by atomic mass is 9.81. The van der Waals surface area contributed by atoms with Crippen LogP contribution in [0.3, 0.4) is 0 Å². The maximum atomic E-state index is 12.7. The molecule has 0 unspecified atom stereocenters. The average molecular weight is 367 g/mol. The molecule has 2 aromatic carbocycles. The topological polar surface area (TPSA) is 64.6 Å². The maximum absolute atomic E-state index is 12.7. The monoisotopic (exact) mass is 367 g/mol. The number of carbonyl (C=O) groups is 2. The number of para-hydroxylation sites is 1. The van der Waals surface area contributed by atoms with Crippen molar-refractivity contribution in [3.8, 4) is 5.75 Å². The van der Waals surface area contributed by atoms with Crippen molar-refractivity contribution in [2.45, 2.75) is 44.2 Å². The second-order valence-corrected chi connectivity index (χ2v) is 6.89. The molecule has 142 valence electrons. The molecule has 0 atom stereocenters. The number of methoxy groups -OCH3 is 1. The van der Waals surface area contributed by atoms with Crippen LogP contribution in [0.25, 0.3) is 0 Å². The molecule has 0 aliphatic heterocycles. The van der Waals surface area contributed by atoms with Crippen molar-refractivity contribution in [2.75, 3.05) is 7.11 Å². The summed E-state index contributed by atoms with van der Waals surface area (Å²) in [4.78, 5) is 25.0. The van der Waals surface area contributed by atoms with Crippen molar-refractivity contribution in [2.24, 2.45) is 0 Å². The molecule has 1 saturated carbocycles. The molecule has 1 amide bonds. The molecule has 5 nitrogen and oxygen atoms in total. The van der Waals surface area contributed by atoms with Crippen LogP contribution in [-0.4, -0.2) is 24.5 Å². The van der Waals surface area contributed by atoms with E-state index in [1.807, 2.05) is 42.5 Å². The van der Waals surface area contributed by atoms with Crippen LogP contribution in [0.15, 0.2) is 54.6 Å². The lowest BCUT2D eigenvalue weighted by molar-refractivity contribution is -0.149. The van der Waals surface area contributed by atoms with E-state index in [-0.39, 0.29) is 11.9 Å². The second kappa shape index (κ2) is 8.71. The minimum atomic E-state index is -0.904. The van der Waals surface area contributed by atoms with Gasteiger partial charge in [0.2, 0.25) is 0 Å². The van der Waals surface area contributed by atoms with Gasteiger partial charge >= 0.3 is 5.97 Å². The largest absolute Gasteiger partial charge is 0.489 e. The molecule has 1 fully saturated rings. The van der Waals surface area contributed by atoms with Crippen molar-refractivity contribution in [1.29, 1.82) is 0 Å². The van der Waals surface area contributed by atoms with Crippen LogP contribution in [0.4, 0.5) is 0 Å². The highest BCUT2D eigenvalue weighted by Crippen LogP contribution is 2.29. The summed E-state index contributed by atoms with van der Waals surface area (Å²) in [6.07, 6.45) is 4.13. The number of amides is 1.